The number of aryl methyl sites for hydroxylation is 1. The molecule has 1 aromatic heterocycles. The summed E-state index contributed by atoms with van der Waals surface area (Å²) in [7, 11) is 1.09. The van der Waals surface area contributed by atoms with Crippen molar-refractivity contribution in [2.45, 2.75) is 6.92 Å². The van der Waals surface area contributed by atoms with E-state index in [0.29, 0.717) is 0 Å². The van der Waals surface area contributed by atoms with Gasteiger partial charge >= 0.3 is 0 Å². The Bertz CT molecular complexity index is 364. The molecule has 0 aromatic carbocycles. The predicted molar refractivity (Wildman–Crippen MR) is 51.3 cm³/mol. The largest absolute Gasteiger partial charge is 0.251 e. The van der Waals surface area contributed by atoms with Crippen molar-refractivity contribution in [2.75, 3.05) is 14.1 Å². The number of hydrogen-bond acceptors (Lipinski definition) is 2. The highest BCUT2D eigenvalue weighted by molar-refractivity contribution is 7.96. The lowest BCUT2D eigenvalue weighted by Crippen LogP contribution is -2.27. The number of aromatic nitrogens is 2. The summed E-state index contributed by atoms with van der Waals surface area (Å²) >= 11 is 0. The summed E-state index contributed by atoms with van der Waals surface area (Å²) in [5, 5.41) is 0. The molecule has 0 spiro atoms. The molecule has 1 heterocycles. The molecule has 68 valence electrons. The van der Waals surface area contributed by atoms with Crippen LogP contribution in [0.4, 0.5) is 0 Å². The van der Waals surface area contributed by atoms with Crippen LogP contribution < -0.4 is 0 Å². The number of hydrogen-bond donors (Lipinski definition) is 0. The predicted octanol–water partition coefficient (Wildman–Crippen LogP) is 0.148. The van der Waals surface area contributed by atoms with Crippen molar-refractivity contribution >= 4 is 15.8 Å². The SMILES string of the molecule is C=S(=O)(N(C)C)n1cnc(C)c1. The zero-order valence-corrected chi connectivity index (χ0v) is 8.34. The van der Waals surface area contributed by atoms with Gasteiger partial charge in [0.25, 0.3) is 0 Å². The molecule has 0 amide bonds. The maximum Gasteiger partial charge on any atom is 0.116 e. The smallest absolute Gasteiger partial charge is 0.116 e. The summed E-state index contributed by atoms with van der Waals surface area (Å²) in [6.07, 6.45) is 3.25. The first-order valence-corrected chi connectivity index (χ1v) is 5.14. The molecular weight excluding hydrogens is 174 g/mol. The number of nitrogens with zero attached hydrogens (tertiary/aromatic N) is 3. The Kier molecular flexibility index (Phi) is 2.25. The molecule has 0 aliphatic heterocycles. The van der Waals surface area contributed by atoms with Gasteiger partial charge in [0.2, 0.25) is 0 Å². The average Bonchev–Trinajstić information content (AvgIpc) is 2.35. The third-order valence-electron chi connectivity index (χ3n) is 1.59. The van der Waals surface area contributed by atoms with Gasteiger partial charge in [0.1, 0.15) is 16.2 Å². The molecule has 4 nitrogen and oxygen atoms in total. The third-order valence-corrected chi connectivity index (χ3v) is 3.59. The molecule has 1 rings (SSSR count). The van der Waals surface area contributed by atoms with Gasteiger partial charge < -0.3 is 0 Å². The second-order valence-corrected chi connectivity index (χ2v) is 5.16. The summed E-state index contributed by atoms with van der Waals surface area (Å²) in [5.41, 5.74) is 0.841. The normalized spacial score (nSPS) is 16.3. The van der Waals surface area contributed by atoms with Crippen molar-refractivity contribution in [3.63, 3.8) is 0 Å². The number of imidazole rings is 1. The van der Waals surface area contributed by atoms with Crippen LogP contribution in [0.15, 0.2) is 12.5 Å². The van der Waals surface area contributed by atoms with Crippen molar-refractivity contribution in [1.82, 2.24) is 13.3 Å². The van der Waals surface area contributed by atoms with E-state index in [-0.39, 0.29) is 0 Å². The van der Waals surface area contributed by atoms with E-state index in [4.69, 9.17) is 0 Å². The van der Waals surface area contributed by atoms with E-state index in [0.717, 1.165) is 5.69 Å². The second-order valence-electron chi connectivity index (χ2n) is 2.79. The van der Waals surface area contributed by atoms with Crippen LogP contribution in [0.2, 0.25) is 0 Å². The van der Waals surface area contributed by atoms with Gasteiger partial charge in [-0.2, -0.15) is 0 Å². The van der Waals surface area contributed by atoms with Crippen molar-refractivity contribution in [2.24, 2.45) is 0 Å². The molecule has 0 aliphatic carbocycles. The first kappa shape index (κ1) is 9.28. The van der Waals surface area contributed by atoms with Crippen molar-refractivity contribution < 1.29 is 4.21 Å². The molecule has 1 atom stereocenters. The van der Waals surface area contributed by atoms with E-state index in [1.165, 1.54) is 10.3 Å². The summed E-state index contributed by atoms with van der Waals surface area (Å²) < 4.78 is 14.9. The first-order chi connectivity index (χ1) is 5.44. The van der Waals surface area contributed by atoms with Gasteiger partial charge in [-0.1, -0.05) is 0 Å². The van der Waals surface area contributed by atoms with Crippen LogP contribution in [-0.4, -0.2) is 37.4 Å². The van der Waals surface area contributed by atoms with Gasteiger partial charge in [0, 0.05) is 20.3 Å². The van der Waals surface area contributed by atoms with E-state index < -0.39 is 9.89 Å². The molecule has 5 heteroatoms. The van der Waals surface area contributed by atoms with Crippen LogP contribution >= 0.6 is 0 Å². The maximum atomic E-state index is 11.8. The topological polar surface area (TPSA) is 38.1 Å². The lowest BCUT2D eigenvalue weighted by atomic mass is 10.6. The summed E-state index contributed by atoms with van der Waals surface area (Å²) in [6.45, 7) is 1.85. The molecule has 0 fully saturated rings. The Morgan fingerprint density at radius 1 is 1.67 bits per heavy atom. The summed E-state index contributed by atoms with van der Waals surface area (Å²) in [4.78, 5) is 3.98. The Hall–Kier alpha value is -0.810. The molecule has 0 aliphatic rings. The Labute approximate surface area is 73.1 Å². The van der Waals surface area contributed by atoms with Gasteiger partial charge in [-0.05, 0) is 12.8 Å². The van der Waals surface area contributed by atoms with Gasteiger partial charge in [0.05, 0.1) is 5.69 Å². The Balaban J connectivity index is 3.15. The van der Waals surface area contributed by atoms with Crippen LogP contribution in [0.1, 0.15) is 5.69 Å². The van der Waals surface area contributed by atoms with Crippen molar-refractivity contribution in [1.29, 1.82) is 0 Å². The zero-order chi connectivity index (χ0) is 9.35. The molecular formula is C7H13N3OS. The fourth-order valence-corrected chi connectivity index (χ4v) is 1.63. The minimum Gasteiger partial charge on any atom is -0.251 e. The standard InChI is InChI=1S/C7H13N3OS/c1-7-5-10(6-8-7)12(4,11)9(2)3/h5-6H,4H2,1-3H3. The fraction of sp³-hybridized carbons (Fsp3) is 0.429. The highest BCUT2D eigenvalue weighted by Gasteiger charge is 2.08. The third kappa shape index (κ3) is 1.51. The van der Waals surface area contributed by atoms with E-state index in [1.54, 1.807) is 24.6 Å². The van der Waals surface area contributed by atoms with E-state index in [2.05, 4.69) is 10.9 Å². The zero-order valence-electron chi connectivity index (χ0n) is 7.52. The Morgan fingerprint density at radius 2 is 2.25 bits per heavy atom. The summed E-state index contributed by atoms with van der Waals surface area (Å²) in [5.74, 6) is 3.63. The van der Waals surface area contributed by atoms with Crippen molar-refractivity contribution in [3.8, 4) is 0 Å². The van der Waals surface area contributed by atoms with Gasteiger partial charge in [-0.3, -0.25) is 3.97 Å². The average molecular weight is 187 g/mol. The highest BCUT2D eigenvalue weighted by Crippen LogP contribution is 2.01. The van der Waals surface area contributed by atoms with Gasteiger partial charge in [-0.25, -0.2) is 13.5 Å². The molecule has 0 N–H and O–H groups in total. The molecule has 12 heavy (non-hydrogen) atoms. The van der Waals surface area contributed by atoms with Crippen molar-refractivity contribution in [3.05, 3.63) is 18.2 Å². The fourth-order valence-electron chi connectivity index (χ4n) is 0.743. The molecule has 0 radical (unpaired) electrons. The quantitative estimate of drug-likeness (QED) is 0.618. The lowest BCUT2D eigenvalue weighted by Gasteiger charge is -2.16. The monoisotopic (exact) mass is 187 g/mol. The Morgan fingerprint density at radius 3 is 2.58 bits per heavy atom. The van der Waals surface area contributed by atoms with Gasteiger partial charge in [-0.15, -0.1) is 0 Å². The second kappa shape index (κ2) is 2.91. The first-order valence-electron chi connectivity index (χ1n) is 3.50. The van der Waals surface area contributed by atoms with E-state index in [9.17, 15) is 4.21 Å². The van der Waals surface area contributed by atoms with Crippen LogP contribution in [-0.2, 0) is 9.89 Å². The molecule has 0 saturated heterocycles. The van der Waals surface area contributed by atoms with Gasteiger partial charge in [0.15, 0.2) is 0 Å². The maximum absolute atomic E-state index is 11.8. The minimum atomic E-state index is -2.37. The lowest BCUT2D eigenvalue weighted by molar-refractivity contribution is 0.590. The van der Waals surface area contributed by atoms with Crippen LogP contribution in [0.3, 0.4) is 0 Å². The molecule has 0 bridgehead atoms. The minimum absolute atomic E-state index is 0.841. The molecule has 1 unspecified atom stereocenters. The van der Waals surface area contributed by atoms with E-state index >= 15 is 0 Å². The molecule has 1 aromatic rings. The van der Waals surface area contributed by atoms with Crippen LogP contribution in [0, 0.1) is 6.92 Å². The van der Waals surface area contributed by atoms with E-state index in [1.807, 2.05) is 6.92 Å². The highest BCUT2D eigenvalue weighted by atomic mass is 32.2. The molecule has 0 saturated carbocycles. The summed E-state index contributed by atoms with van der Waals surface area (Å²) in [6, 6.07) is 0. The number of rotatable bonds is 2. The van der Waals surface area contributed by atoms with Crippen LogP contribution in [0.25, 0.3) is 0 Å². The van der Waals surface area contributed by atoms with Crippen LogP contribution in [0.5, 0.6) is 0 Å².